The molecule has 6 nitrogen and oxygen atoms in total. The van der Waals surface area contributed by atoms with Crippen LogP contribution in [0, 0.1) is 11.3 Å². The number of benzene rings is 2. The second-order valence-electron chi connectivity index (χ2n) is 5.62. The van der Waals surface area contributed by atoms with Gasteiger partial charge in [0.2, 0.25) is 0 Å². The fourth-order valence-electron chi connectivity index (χ4n) is 2.48. The van der Waals surface area contributed by atoms with Crippen LogP contribution in [0.1, 0.15) is 15.4 Å². The molecule has 0 aliphatic rings. The highest BCUT2D eigenvalue weighted by atomic mass is 32.1. The zero-order valence-corrected chi connectivity index (χ0v) is 16.1. The lowest BCUT2D eigenvalue weighted by Gasteiger charge is -2.07. The van der Waals surface area contributed by atoms with Gasteiger partial charge in [0.25, 0.3) is 0 Å². The highest BCUT2D eigenvalue weighted by Crippen LogP contribution is 2.27. The molecule has 0 bridgehead atoms. The highest BCUT2D eigenvalue weighted by Gasteiger charge is 2.12. The molecule has 0 fully saturated rings. The zero-order chi connectivity index (χ0) is 19.9. The molecule has 0 aliphatic carbocycles. The van der Waals surface area contributed by atoms with Gasteiger partial charge >= 0.3 is 5.97 Å². The molecule has 0 saturated carbocycles. The maximum absolute atomic E-state index is 11.9. The number of hydrogen-bond acceptors (Lipinski definition) is 7. The number of anilines is 1. The molecule has 0 unspecified atom stereocenters. The van der Waals surface area contributed by atoms with Crippen LogP contribution in [0.3, 0.4) is 0 Å². The van der Waals surface area contributed by atoms with Crippen LogP contribution in [-0.4, -0.2) is 25.2 Å². The molecule has 28 heavy (non-hydrogen) atoms. The average molecular weight is 391 g/mol. The summed E-state index contributed by atoms with van der Waals surface area (Å²) in [5.41, 5.74) is 3.01. The van der Waals surface area contributed by atoms with Gasteiger partial charge in [0.1, 0.15) is 22.4 Å². The molecule has 0 aliphatic heterocycles. The Balaban J connectivity index is 1.84. The maximum atomic E-state index is 11.9. The molecule has 140 valence electrons. The molecule has 3 rings (SSSR count). The van der Waals surface area contributed by atoms with Crippen LogP contribution < -0.4 is 10.1 Å². The molecule has 0 spiro atoms. The Hall–Kier alpha value is -3.63. The first-order valence-electron chi connectivity index (χ1n) is 8.30. The Bertz CT molecular complexity index is 1050. The molecule has 1 heterocycles. The Morgan fingerprint density at radius 2 is 1.93 bits per heavy atom. The first-order valence-corrected chi connectivity index (χ1v) is 9.18. The fourth-order valence-corrected chi connectivity index (χ4v) is 3.28. The van der Waals surface area contributed by atoms with E-state index in [9.17, 15) is 10.1 Å². The third kappa shape index (κ3) is 4.19. The molecule has 0 amide bonds. The fraction of sp³-hybridized carbons (Fsp3) is 0.0952. The van der Waals surface area contributed by atoms with Gasteiger partial charge in [-0.2, -0.15) is 5.26 Å². The van der Waals surface area contributed by atoms with Gasteiger partial charge in [-0.15, -0.1) is 11.3 Å². The lowest BCUT2D eigenvalue weighted by Crippen LogP contribution is -2.05. The first kappa shape index (κ1) is 19.1. The number of nitrogens with zero attached hydrogens (tertiary/aromatic N) is 2. The smallest absolute Gasteiger partial charge is 0.339 e. The van der Waals surface area contributed by atoms with E-state index in [2.05, 4.69) is 16.4 Å². The number of nitriles is 1. The Morgan fingerprint density at radius 3 is 2.61 bits per heavy atom. The van der Waals surface area contributed by atoms with Crippen molar-refractivity contribution >= 4 is 28.6 Å². The Labute approximate surface area is 166 Å². The monoisotopic (exact) mass is 391 g/mol. The van der Waals surface area contributed by atoms with Gasteiger partial charge in [0, 0.05) is 17.1 Å². The van der Waals surface area contributed by atoms with E-state index in [1.165, 1.54) is 18.4 Å². The van der Waals surface area contributed by atoms with E-state index >= 15 is 0 Å². The van der Waals surface area contributed by atoms with Crippen molar-refractivity contribution in [1.82, 2.24) is 4.98 Å². The zero-order valence-electron chi connectivity index (χ0n) is 15.3. The van der Waals surface area contributed by atoms with Crippen LogP contribution in [0.15, 0.2) is 60.1 Å². The molecule has 1 N–H and O–H groups in total. The Morgan fingerprint density at radius 1 is 1.18 bits per heavy atom. The van der Waals surface area contributed by atoms with Crippen molar-refractivity contribution in [2.24, 2.45) is 0 Å². The van der Waals surface area contributed by atoms with Gasteiger partial charge in [0.15, 0.2) is 0 Å². The number of para-hydroxylation sites is 1. The number of carbonyl (C=O) groups is 1. The maximum Gasteiger partial charge on any atom is 0.339 e. The minimum absolute atomic E-state index is 0.365. The predicted molar refractivity (Wildman–Crippen MR) is 109 cm³/mol. The summed E-state index contributed by atoms with van der Waals surface area (Å²) in [5.74, 6) is 0.316. The summed E-state index contributed by atoms with van der Waals surface area (Å²) in [6.07, 6.45) is 1.54. The van der Waals surface area contributed by atoms with Gasteiger partial charge in [-0.25, -0.2) is 9.78 Å². The predicted octanol–water partition coefficient (Wildman–Crippen LogP) is 4.58. The lowest BCUT2D eigenvalue weighted by molar-refractivity contribution is 0.0602. The summed E-state index contributed by atoms with van der Waals surface area (Å²) in [6.45, 7) is 0. The van der Waals surface area contributed by atoms with Crippen molar-refractivity contribution in [3.8, 4) is 23.1 Å². The van der Waals surface area contributed by atoms with Gasteiger partial charge in [-0.1, -0.05) is 12.1 Å². The normalized spacial score (nSPS) is 10.8. The van der Waals surface area contributed by atoms with Crippen molar-refractivity contribution < 1.29 is 14.3 Å². The minimum Gasteiger partial charge on any atom is -0.497 e. The molecular weight excluding hydrogens is 374 g/mol. The molecule has 0 radical (unpaired) electrons. The first-order chi connectivity index (χ1) is 13.7. The van der Waals surface area contributed by atoms with E-state index < -0.39 is 5.97 Å². The number of allylic oxidation sites excluding steroid dienone is 1. The lowest BCUT2D eigenvalue weighted by atomic mass is 10.1. The van der Waals surface area contributed by atoms with E-state index in [4.69, 9.17) is 9.47 Å². The van der Waals surface area contributed by atoms with E-state index in [0.717, 1.165) is 17.0 Å². The largest absolute Gasteiger partial charge is 0.497 e. The number of thiazole rings is 1. The number of nitrogens with one attached hydrogen (secondary N) is 1. The SMILES string of the molecule is COC(=O)c1ccccc1N/C=C(\C#N)c1nc(-c2ccc(OC)cc2)cs1. The number of carbonyl (C=O) groups excluding carboxylic acids is 1. The third-order valence-corrected chi connectivity index (χ3v) is 4.82. The number of aromatic nitrogens is 1. The van der Waals surface area contributed by atoms with Crippen LogP contribution in [0.5, 0.6) is 5.75 Å². The van der Waals surface area contributed by atoms with Crippen molar-refractivity contribution in [1.29, 1.82) is 5.26 Å². The van der Waals surface area contributed by atoms with E-state index in [-0.39, 0.29) is 0 Å². The van der Waals surface area contributed by atoms with E-state index in [0.29, 0.717) is 21.8 Å². The molecule has 7 heteroatoms. The molecule has 2 aromatic carbocycles. The third-order valence-electron chi connectivity index (χ3n) is 3.95. The summed E-state index contributed by atoms with van der Waals surface area (Å²) in [7, 11) is 2.94. The van der Waals surface area contributed by atoms with Crippen molar-refractivity contribution in [3.63, 3.8) is 0 Å². The number of ether oxygens (including phenoxy) is 2. The highest BCUT2D eigenvalue weighted by molar-refractivity contribution is 7.11. The summed E-state index contributed by atoms with van der Waals surface area (Å²) >= 11 is 1.37. The molecule has 0 saturated heterocycles. The quantitative estimate of drug-likeness (QED) is 0.489. The van der Waals surface area contributed by atoms with Gasteiger partial charge in [0.05, 0.1) is 31.2 Å². The summed E-state index contributed by atoms with van der Waals surface area (Å²) in [5, 5.41) is 15.0. The van der Waals surface area contributed by atoms with Crippen molar-refractivity contribution in [2.45, 2.75) is 0 Å². The van der Waals surface area contributed by atoms with Gasteiger partial charge < -0.3 is 14.8 Å². The molecule has 3 aromatic rings. The van der Waals surface area contributed by atoms with E-state index in [1.807, 2.05) is 29.6 Å². The number of esters is 1. The van der Waals surface area contributed by atoms with Crippen molar-refractivity contribution in [3.05, 3.63) is 70.7 Å². The average Bonchev–Trinajstić information content (AvgIpc) is 3.24. The number of hydrogen-bond donors (Lipinski definition) is 1. The summed E-state index contributed by atoms with van der Waals surface area (Å²) in [4.78, 5) is 16.4. The molecule has 1 aromatic heterocycles. The summed E-state index contributed by atoms with van der Waals surface area (Å²) < 4.78 is 9.94. The standard InChI is InChI=1S/C21H17N3O3S/c1-26-16-9-7-14(8-10-16)19-13-28-20(24-19)15(11-22)12-23-18-6-4-3-5-17(18)21(25)27-2/h3-10,12-13,23H,1-2H3/b15-12+. The van der Waals surface area contributed by atoms with E-state index in [1.54, 1.807) is 37.6 Å². The molecule has 0 atom stereocenters. The van der Waals surface area contributed by atoms with Gasteiger partial charge in [-0.05, 0) is 36.4 Å². The number of methoxy groups -OCH3 is 2. The van der Waals surface area contributed by atoms with Crippen molar-refractivity contribution in [2.75, 3.05) is 19.5 Å². The van der Waals surface area contributed by atoms with Gasteiger partial charge in [-0.3, -0.25) is 0 Å². The summed E-state index contributed by atoms with van der Waals surface area (Å²) in [6, 6.07) is 16.6. The van der Waals surface area contributed by atoms with Crippen LogP contribution >= 0.6 is 11.3 Å². The van der Waals surface area contributed by atoms with Crippen LogP contribution in [-0.2, 0) is 4.74 Å². The van der Waals surface area contributed by atoms with Crippen LogP contribution in [0.25, 0.3) is 16.8 Å². The molecular formula is C21H17N3O3S. The topological polar surface area (TPSA) is 84.2 Å². The Kier molecular flexibility index (Phi) is 6.04. The van der Waals surface area contributed by atoms with Crippen LogP contribution in [0.4, 0.5) is 5.69 Å². The van der Waals surface area contributed by atoms with Crippen LogP contribution in [0.2, 0.25) is 0 Å². The second-order valence-corrected chi connectivity index (χ2v) is 6.48. The number of rotatable bonds is 6. The second kappa shape index (κ2) is 8.84. The minimum atomic E-state index is -0.453.